The van der Waals surface area contributed by atoms with E-state index in [0.717, 1.165) is 0 Å². The van der Waals surface area contributed by atoms with E-state index in [1.54, 1.807) is 0 Å². The van der Waals surface area contributed by atoms with Gasteiger partial charge in [-0.25, -0.2) is 4.79 Å². The van der Waals surface area contributed by atoms with Gasteiger partial charge in [0.05, 0.1) is 12.2 Å². The summed E-state index contributed by atoms with van der Waals surface area (Å²) in [6.45, 7) is 3.22. The Hall–Kier alpha value is -1.54. The van der Waals surface area contributed by atoms with Crippen molar-refractivity contribution in [3.8, 4) is 0 Å². The first-order chi connectivity index (χ1) is 10.1. The Kier molecular flexibility index (Phi) is 5.24. The van der Waals surface area contributed by atoms with Crippen LogP contribution >= 0.6 is 0 Å². The fourth-order valence-corrected chi connectivity index (χ4v) is 2.33. The quantitative estimate of drug-likeness (QED) is 0.458. The summed E-state index contributed by atoms with van der Waals surface area (Å²) in [6.07, 6.45) is -0.166. The molecule has 4 atom stereocenters. The average Bonchev–Trinajstić information content (AvgIpc) is 2.80. The van der Waals surface area contributed by atoms with Crippen molar-refractivity contribution in [3.05, 3.63) is 24.4 Å². The van der Waals surface area contributed by atoms with Crippen molar-refractivity contribution in [2.24, 2.45) is 4.99 Å². The monoisotopic (exact) mass is 297 g/mol. The summed E-state index contributed by atoms with van der Waals surface area (Å²) >= 11 is 0. The van der Waals surface area contributed by atoms with Crippen molar-refractivity contribution < 1.29 is 29.6 Å². The Morgan fingerprint density at radius 3 is 2.76 bits per heavy atom. The number of aliphatic hydroxyl groups excluding tert-OH is 3. The van der Waals surface area contributed by atoms with Gasteiger partial charge in [-0.1, -0.05) is 12.7 Å². The maximum Gasteiger partial charge on any atom is 0.335 e. The number of hydrogen-bond donors (Lipinski definition) is 3. The molecule has 0 amide bonds. The van der Waals surface area contributed by atoms with Crippen LogP contribution in [0.4, 0.5) is 0 Å². The molecular weight excluding hydrogens is 278 g/mol. The van der Waals surface area contributed by atoms with E-state index in [-0.39, 0.29) is 13.2 Å². The Labute approximate surface area is 122 Å². The van der Waals surface area contributed by atoms with Crippen LogP contribution in [0.25, 0.3) is 0 Å². The lowest BCUT2D eigenvalue weighted by Crippen LogP contribution is -2.37. The van der Waals surface area contributed by atoms with Gasteiger partial charge in [-0.2, -0.15) is 0 Å². The summed E-state index contributed by atoms with van der Waals surface area (Å²) in [5.74, 6) is -0.446. The molecule has 0 aromatic carbocycles. The Bertz CT molecular complexity index is 472. The zero-order chi connectivity index (χ0) is 15.4. The second-order valence-corrected chi connectivity index (χ2v) is 4.92. The highest BCUT2D eigenvalue weighted by atomic mass is 16.6. The fourth-order valence-electron chi connectivity index (χ4n) is 2.33. The summed E-state index contributed by atoms with van der Waals surface area (Å²) in [5.41, 5.74) is 0.977. The molecule has 0 saturated carbocycles. The molecule has 2 aliphatic heterocycles. The van der Waals surface area contributed by atoms with Gasteiger partial charge in [-0.05, 0) is 12.8 Å². The molecule has 0 unspecified atom stereocenters. The second kappa shape index (κ2) is 6.95. The molecule has 1 saturated heterocycles. The van der Waals surface area contributed by atoms with E-state index < -0.39 is 30.4 Å². The molecule has 2 rings (SSSR count). The van der Waals surface area contributed by atoms with Crippen LogP contribution < -0.4 is 0 Å². The highest BCUT2D eigenvalue weighted by molar-refractivity contribution is 5.96. The summed E-state index contributed by atoms with van der Waals surface area (Å²) in [7, 11) is 0. The predicted molar refractivity (Wildman–Crippen MR) is 73.7 cm³/mol. The van der Waals surface area contributed by atoms with Gasteiger partial charge in [-0.15, -0.1) is 0 Å². The Morgan fingerprint density at radius 2 is 2.24 bits per heavy atom. The van der Waals surface area contributed by atoms with Crippen LogP contribution in [0, 0.1) is 0 Å². The maximum absolute atomic E-state index is 11.6. The van der Waals surface area contributed by atoms with E-state index in [1.165, 1.54) is 12.3 Å². The largest absolute Gasteiger partial charge is 0.458 e. The Morgan fingerprint density at radius 1 is 1.48 bits per heavy atom. The molecule has 0 aromatic heterocycles. The smallest absolute Gasteiger partial charge is 0.335 e. The van der Waals surface area contributed by atoms with E-state index in [1.807, 2.05) is 0 Å². The van der Waals surface area contributed by atoms with Crippen molar-refractivity contribution in [1.82, 2.24) is 0 Å². The van der Waals surface area contributed by atoms with Crippen molar-refractivity contribution in [2.45, 2.75) is 37.3 Å². The lowest BCUT2D eigenvalue weighted by Gasteiger charge is -2.20. The lowest BCUT2D eigenvalue weighted by molar-refractivity contribution is -0.138. The van der Waals surface area contributed by atoms with Crippen LogP contribution in [0.5, 0.6) is 0 Å². The summed E-state index contributed by atoms with van der Waals surface area (Å²) in [4.78, 5) is 15.8. The van der Waals surface area contributed by atoms with Gasteiger partial charge >= 0.3 is 5.97 Å². The van der Waals surface area contributed by atoms with E-state index >= 15 is 0 Å². The van der Waals surface area contributed by atoms with E-state index in [4.69, 9.17) is 14.6 Å². The van der Waals surface area contributed by atoms with Crippen LogP contribution in [-0.4, -0.2) is 64.6 Å². The standard InChI is InChI=1S/C14H19NO6/c1-2-5-20-14(19)8-3-4-9(15-6-8)13-12(18)11(17)10(7-16)21-13/h2,6,10-13,16-18H,1,3-5,7H2/t10-,11-,12-,13+/m1/s1. The second-order valence-electron chi connectivity index (χ2n) is 4.92. The van der Waals surface area contributed by atoms with Gasteiger partial charge in [0.25, 0.3) is 0 Å². The first kappa shape index (κ1) is 15.8. The Balaban J connectivity index is 2.03. The first-order valence-electron chi connectivity index (χ1n) is 6.74. The molecule has 0 aromatic rings. The summed E-state index contributed by atoms with van der Waals surface area (Å²) in [5, 5.41) is 28.7. The van der Waals surface area contributed by atoms with Crippen molar-refractivity contribution in [2.75, 3.05) is 13.2 Å². The third-order valence-corrected chi connectivity index (χ3v) is 3.50. The summed E-state index contributed by atoms with van der Waals surface area (Å²) in [6, 6.07) is 0. The highest BCUT2D eigenvalue weighted by Gasteiger charge is 2.44. The third-order valence-electron chi connectivity index (χ3n) is 3.50. The molecule has 21 heavy (non-hydrogen) atoms. The molecule has 7 heteroatoms. The number of hydrogen-bond acceptors (Lipinski definition) is 7. The molecule has 7 nitrogen and oxygen atoms in total. The van der Waals surface area contributed by atoms with Gasteiger partial charge in [0.15, 0.2) is 0 Å². The molecule has 2 aliphatic rings. The number of ether oxygens (including phenoxy) is 2. The number of esters is 1. The van der Waals surface area contributed by atoms with E-state index in [2.05, 4.69) is 11.6 Å². The van der Waals surface area contributed by atoms with Crippen LogP contribution in [-0.2, 0) is 14.3 Å². The minimum absolute atomic E-state index is 0.140. The number of aliphatic hydroxyl groups is 3. The van der Waals surface area contributed by atoms with Gasteiger partial charge < -0.3 is 24.8 Å². The molecule has 0 bridgehead atoms. The van der Waals surface area contributed by atoms with E-state index in [0.29, 0.717) is 24.1 Å². The average molecular weight is 297 g/mol. The molecule has 116 valence electrons. The minimum atomic E-state index is -1.15. The zero-order valence-electron chi connectivity index (χ0n) is 11.5. The van der Waals surface area contributed by atoms with E-state index in [9.17, 15) is 15.0 Å². The van der Waals surface area contributed by atoms with Crippen molar-refractivity contribution in [3.63, 3.8) is 0 Å². The van der Waals surface area contributed by atoms with Crippen LogP contribution in [0.2, 0.25) is 0 Å². The SMILES string of the molecule is C=CCOC(=O)C1=CN=C([C@@H]2O[C@H](CO)[C@@H](O)[C@H]2O)CC1. The summed E-state index contributed by atoms with van der Waals surface area (Å²) < 4.78 is 10.3. The van der Waals surface area contributed by atoms with Gasteiger partial charge in [0.2, 0.25) is 0 Å². The van der Waals surface area contributed by atoms with Crippen LogP contribution in [0.15, 0.2) is 29.4 Å². The normalized spacial score (nSPS) is 32.3. The molecule has 0 aliphatic carbocycles. The predicted octanol–water partition coefficient (Wildman–Crippen LogP) is -0.684. The number of carbonyl (C=O) groups excluding carboxylic acids is 1. The van der Waals surface area contributed by atoms with Gasteiger partial charge in [0, 0.05) is 11.9 Å². The van der Waals surface area contributed by atoms with Crippen molar-refractivity contribution in [1.29, 1.82) is 0 Å². The molecule has 0 spiro atoms. The topological polar surface area (TPSA) is 109 Å². The fraction of sp³-hybridized carbons (Fsp3) is 0.571. The maximum atomic E-state index is 11.6. The number of carbonyl (C=O) groups is 1. The molecule has 0 radical (unpaired) electrons. The van der Waals surface area contributed by atoms with Gasteiger partial charge in [-0.3, -0.25) is 4.99 Å². The lowest BCUT2D eigenvalue weighted by atomic mass is 9.98. The molecule has 2 heterocycles. The number of rotatable bonds is 5. The zero-order valence-corrected chi connectivity index (χ0v) is 11.5. The first-order valence-corrected chi connectivity index (χ1v) is 6.74. The highest BCUT2D eigenvalue weighted by Crippen LogP contribution is 2.26. The molecule has 1 fully saturated rings. The molecule has 3 N–H and O–H groups in total. The van der Waals surface area contributed by atoms with Gasteiger partial charge in [0.1, 0.15) is 31.0 Å². The minimum Gasteiger partial charge on any atom is -0.458 e. The van der Waals surface area contributed by atoms with Crippen LogP contribution in [0.1, 0.15) is 12.8 Å². The number of nitrogens with zero attached hydrogens (tertiary/aromatic N) is 1. The van der Waals surface area contributed by atoms with Crippen molar-refractivity contribution >= 4 is 11.7 Å². The van der Waals surface area contributed by atoms with Crippen LogP contribution in [0.3, 0.4) is 0 Å². The number of aliphatic imine (C=N–C) groups is 1. The molecular formula is C14H19NO6. The third kappa shape index (κ3) is 3.38.